The van der Waals surface area contributed by atoms with Crippen molar-refractivity contribution in [1.29, 1.82) is 0 Å². The molecule has 186 valence electrons. The van der Waals surface area contributed by atoms with Crippen LogP contribution < -0.4 is 15.0 Å². The van der Waals surface area contributed by atoms with E-state index in [1.54, 1.807) is 69.4 Å². The lowest BCUT2D eigenvalue weighted by atomic mass is 10.1. The predicted octanol–water partition coefficient (Wildman–Crippen LogP) is 4.62. The van der Waals surface area contributed by atoms with E-state index in [9.17, 15) is 9.90 Å². The maximum absolute atomic E-state index is 13.4. The zero-order chi connectivity index (χ0) is 26.0. The van der Waals surface area contributed by atoms with Gasteiger partial charge in [-0.25, -0.2) is 15.0 Å². The van der Waals surface area contributed by atoms with E-state index in [1.165, 1.54) is 11.7 Å². The molecule has 0 aliphatic heterocycles. The SMILES string of the molecule is COc1cccc(COc2nc(C)n(-c3cc(-c4ccnc(C(C)(C)O)n4)ccc3Cl)c(=O)c2Br)n1. The van der Waals surface area contributed by atoms with Gasteiger partial charge in [0.25, 0.3) is 5.56 Å². The summed E-state index contributed by atoms with van der Waals surface area (Å²) in [4.78, 5) is 30.7. The quantitative estimate of drug-likeness (QED) is 0.341. The lowest BCUT2D eigenvalue weighted by molar-refractivity contribution is 0.0688. The van der Waals surface area contributed by atoms with Crippen LogP contribution in [0.3, 0.4) is 0 Å². The van der Waals surface area contributed by atoms with Crippen LogP contribution in [0.4, 0.5) is 0 Å². The summed E-state index contributed by atoms with van der Waals surface area (Å²) in [5.41, 5.74) is 0.710. The number of nitrogens with zero attached hydrogens (tertiary/aromatic N) is 5. The summed E-state index contributed by atoms with van der Waals surface area (Å²) in [5, 5.41) is 10.6. The fourth-order valence-electron chi connectivity index (χ4n) is 3.41. The fraction of sp³-hybridized carbons (Fsp3) is 0.240. The van der Waals surface area contributed by atoms with Crippen molar-refractivity contribution in [1.82, 2.24) is 24.5 Å². The topological polar surface area (TPSA) is 112 Å². The minimum Gasteiger partial charge on any atom is -0.481 e. The number of pyridine rings is 1. The van der Waals surface area contributed by atoms with E-state index in [4.69, 9.17) is 21.1 Å². The third-order valence-corrected chi connectivity index (χ3v) is 6.20. The van der Waals surface area contributed by atoms with Crippen molar-refractivity contribution in [3.63, 3.8) is 0 Å². The maximum Gasteiger partial charge on any atom is 0.276 e. The molecule has 0 aliphatic rings. The van der Waals surface area contributed by atoms with Crippen molar-refractivity contribution in [3.8, 4) is 28.7 Å². The van der Waals surface area contributed by atoms with Crippen molar-refractivity contribution in [2.75, 3.05) is 7.11 Å². The van der Waals surface area contributed by atoms with Gasteiger partial charge < -0.3 is 14.6 Å². The van der Waals surface area contributed by atoms with Gasteiger partial charge in [-0.15, -0.1) is 0 Å². The fourth-order valence-corrected chi connectivity index (χ4v) is 4.00. The second-order valence-corrected chi connectivity index (χ2v) is 9.57. The van der Waals surface area contributed by atoms with Crippen LogP contribution in [0.1, 0.15) is 31.2 Å². The minimum absolute atomic E-state index is 0.0964. The van der Waals surface area contributed by atoms with Gasteiger partial charge in [0, 0.05) is 17.8 Å². The molecule has 3 aromatic heterocycles. The highest BCUT2D eigenvalue weighted by atomic mass is 79.9. The first-order valence-corrected chi connectivity index (χ1v) is 12.0. The number of halogens is 2. The normalized spacial score (nSPS) is 11.4. The highest BCUT2D eigenvalue weighted by Gasteiger charge is 2.21. The van der Waals surface area contributed by atoms with Crippen molar-refractivity contribution in [3.05, 3.63) is 85.9 Å². The summed E-state index contributed by atoms with van der Waals surface area (Å²) < 4.78 is 12.4. The van der Waals surface area contributed by atoms with Gasteiger partial charge in [-0.2, -0.15) is 4.98 Å². The van der Waals surface area contributed by atoms with E-state index in [2.05, 4.69) is 35.9 Å². The van der Waals surface area contributed by atoms with Crippen LogP contribution in [-0.4, -0.2) is 36.7 Å². The Morgan fingerprint density at radius 1 is 1.14 bits per heavy atom. The Bertz CT molecular complexity index is 1490. The Morgan fingerprint density at radius 3 is 2.64 bits per heavy atom. The molecule has 1 N–H and O–H groups in total. The monoisotopic (exact) mass is 571 g/mol. The molecular formula is C25H23BrClN5O4. The molecule has 0 unspecified atom stereocenters. The van der Waals surface area contributed by atoms with Crippen molar-refractivity contribution in [2.45, 2.75) is 33.0 Å². The minimum atomic E-state index is -1.20. The van der Waals surface area contributed by atoms with Gasteiger partial charge in [-0.1, -0.05) is 23.7 Å². The van der Waals surface area contributed by atoms with Gasteiger partial charge in [-0.3, -0.25) is 9.36 Å². The summed E-state index contributed by atoms with van der Waals surface area (Å²) in [6.07, 6.45) is 1.57. The highest BCUT2D eigenvalue weighted by Crippen LogP contribution is 2.29. The molecule has 3 heterocycles. The zero-order valence-electron chi connectivity index (χ0n) is 20.0. The number of methoxy groups -OCH3 is 1. The molecule has 0 spiro atoms. The van der Waals surface area contributed by atoms with Crippen LogP contribution in [0.25, 0.3) is 16.9 Å². The summed E-state index contributed by atoms with van der Waals surface area (Å²) in [5.74, 6) is 1.25. The van der Waals surface area contributed by atoms with E-state index in [1.807, 2.05) is 0 Å². The number of aromatic nitrogens is 5. The van der Waals surface area contributed by atoms with Crippen LogP contribution in [-0.2, 0) is 12.2 Å². The van der Waals surface area contributed by atoms with Crippen molar-refractivity contribution in [2.24, 2.45) is 0 Å². The molecule has 9 nitrogen and oxygen atoms in total. The zero-order valence-corrected chi connectivity index (χ0v) is 22.3. The molecule has 0 atom stereocenters. The van der Waals surface area contributed by atoms with E-state index in [-0.39, 0.29) is 22.8 Å². The molecular weight excluding hydrogens is 550 g/mol. The van der Waals surface area contributed by atoms with Crippen LogP contribution in [0.5, 0.6) is 11.8 Å². The third kappa shape index (κ3) is 5.40. The van der Waals surface area contributed by atoms with Gasteiger partial charge in [0.05, 0.1) is 29.2 Å². The third-order valence-electron chi connectivity index (χ3n) is 5.20. The molecule has 4 rings (SSSR count). The Kier molecular flexibility index (Phi) is 7.39. The molecule has 4 aromatic rings. The summed E-state index contributed by atoms with van der Waals surface area (Å²) in [6.45, 7) is 5.00. The van der Waals surface area contributed by atoms with Crippen LogP contribution in [0, 0.1) is 6.92 Å². The Labute approximate surface area is 220 Å². The average molecular weight is 573 g/mol. The molecule has 1 aromatic carbocycles. The molecule has 0 saturated carbocycles. The number of benzene rings is 1. The molecule has 0 saturated heterocycles. The number of aryl methyl sites for hydroxylation is 1. The first kappa shape index (κ1) is 25.7. The van der Waals surface area contributed by atoms with Crippen LogP contribution >= 0.6 is 27.5 Å². The second kappa shape index (κ2) is 10.3. The van der Waals surface area contributed by atoms with E-state index in [0.29, 0.717) is 39.4 Å². The number of ether oxygens (including phenoxy) is 2. The second-order valence-electron chi connectivity index (χ2n) is 8.37. The highest BCUT2D eigenvalue weighted by molar-refractivity contribution is 9.10. The van der Waals surface area contributed by atoms with E-state index >= 15 is 0 Å². The summed E-state index contributed by atoms with van der Waals surface area (Å²) in [6, 6.07) is 12.2. The lowest BCUT2D eigenvalue weighted by Crippen LogP contribution is -2.24. The maximum atomic E-state index is 13.4. The number of aliphatic hydroxyl groups is 1. The molecule has 11 heteroatoms. The largest absolute Gasteiger partial charge is 0.481 e. The number of hydrogen-bond donors (Lipinski definition) is 1. The molecule has 0 radical (unpaired) electrons. The molecule has 36 heavy (non-hydrogen) atoms. The number of rotatable bonds is 7. The van der Waals surface area contributed by atoms with Crippen LogP contribution in [0.2, 0.25) is 5.02 Å². The first-order chi connectivity index (χ1) is 17.1. The Morgan fingerprint density at radius 2 is 1.92 bits per heavy atom. The molecule has 0 bridgehead atoms. The van der Waals surface area contributed by atoms with E-state index < -0.39 is 11.2 Å². The smallest absolute Gasteiger partial charge is 0.276 e. The van der Waals surface area contributed by atoms with Crippen molar-refractivity contribution < 1.29 is 14.6 Å². The van der Waals surface area contributed by atoms with E-state index in [0.717, 1.165) is 0 Å². The standard InChI is InChI=1S/C25H23BrClN5O4/c1-14-29-22(36-13-16-6-5-7-20(30-16)35-4)21(26)23(33)32(14)19-12-15(8-9-17(19)27)18-10-11-28-24(31-18)25(2,3)34/h5-12,34H,13H2,1-4H3. The summed E-state index contributed by atoms with van der Waals surface area (Å²) in [7, 11) is 1.53. The molecule has 0 aliphatic carbocycles. The Hall–Kier alpha value is -3.34. The average Bonchev–Trinajstić information content (AvgIpc) is 2.86. The Balaban J connectivity index is 1.71. The van der Waals surface area contributed by atoms with Gasteiger partial charge >= 0.3 is 0 Å². The van der Waals surface area contributed by atoms with Gasteiger partial charge in [0.2, 0.25) is 11.8 Å². The molecule has 0 fully saturated rings. The van der Waals surface area contributed by atoms with Crippen molar-refractivity contribution >= 4 is 27.5 Å². The number of hydrogen-bond acceptors (Lipinski definition) is 8. The predicted molar refractivity (Wildman–Crippen MR) is 139 cm³/mol. The lowest BCUT2D eigenvalue weighted by Gasteiger charge is -2.17. The molecule has 0 amide bonds. The summed E-state index contributed by atoms with van der Waals surface area (Å²) >= 11 is 9.83. The first-order valence-electron chi connectivity index (χ1n) is 10.9. The van der Waals surface area contributed by atoms with Gasteiger partial charge in [-0.05, 0) is 61.0 Å². The van der Waals surface area contributed by atoms with Crippen LogP contribution in [0.15, 0.2) is 57.9 Å². The van der Waals surface area contributed by atoms with Gasteiger partial charge in [0.15, 0.2) is 5.82 Å². The van der Waals surface area contributed by atoms with Gasteiger partial charge in [0.1, 0.15) is 22.5 Å².